The van der Waals surface area contributed by atoms with Crippen molar-refractivity contribution < 1.29 is 5.11 Å². The van der Waals surface area contributed by atoms with Crippen molar-refractivity contribution in [3.8, 4) is 0 Å². The molecule has 0 aliphatic carbocycles. The predicted octanol–water partition coefficient (Wildman–Crippen LogP) is 1.28. The SMILES string of the molecule is NCC(O)c1cccc(I)c1. The van der Waals surface area contributed by atoms with E-state index < -0.39 is 6.10 Å². The van der Waals surface area contributed by atoms with Crippen molar-refractivity contribution in [3.63, 3.8) is 0 Å². The Hall–Kier alpha value is -0.130. The molecular formula is C8H10INO. The molecule has 2 nitrogen and oxygen atoms in total. The van der Waals surface area contributed by atoms with E-state index in [0.29, 0.717) is 0 Å². The van der Waals surface area contributed by atoms with Crippen molar-refractivity contribution in [1.82, 2.24) is 0 Å². The number of aliphatic hydroxyl groups excluding tert-OH is 1. The van der Waals surface area contributed by atoms with Crippen molar-refractivity contribution >= 4 is 22.6 Å². The van der Waals surface area contributed by atoms with Crippen LogP contribution in [0.2, 0.25) is 0 Å². The molecule has 0 saturated heterocycles. The first kappa shape index (κ1) is 8.96. The van der Waals surface area contributed by atoms with E-state index in [2.05, 4.69) is 22.6 Å². The Morgan fingerprint density at radius 1 is 1.55 bits per heavy atom. The van der Waals surface area contributed by atoms with Gasteiger partial charge in [0, 0.05) is 10.1 Å². The quantitative estimate of drug-likeness (QED) is 0.789. The van der Waals surface area contributed by atoms with Gasteiger partial charge in [0.05, 0.1) is 6.10 Å². The normalized spacial score (nSPS) is 13.0. The fourth-order valence-electron chi connectivity index (χ4n) is 0.850. The van der Waals surface area contributed by atoms with Gasteiger partial charge in [-0.1, -0.05) is 12.1 Å². The van der Waals surface area contributed by atoms with Crippen molar-refractivity contribution in [2.75, 3.05) is 6.54 Å². The fourth-order valence-corrected chi connectivity index (χ4v) is 1.42. The summed E-state index contributed by atoms with van der Waals surface area (Å²) >= 11 is 2.20. The first-order chi connectivity index (χ1) is 5.24. The maximum absolute atomic E-state index is 9.33. The molecule has 0 aliphatic rings. The largest absolute Gasteiger partial charge is 0.387 e. The van der Waals surface area contributed by atoms with Crippen molar-refractivity contribution in [2.24, 2.45) is 5.73 Å². The highest BCUT2D eigenvalue weighted by molar-refractivity contribution is 14.1. The van der Waals surface area contributed by atoms with Gasteiger partial charge in [0.15, 0.2) is 0 Å². The molecule has 3 N–H and O–H groups in total. The van der Waals surface area contributed by atoms with Crippen LogP contribution < -0.4 is 5.73 Å². The summed E-state index contributed by atoms with van der Waals surface area (Å²) in [5.41, 5.74) is 6.19. The van der Waals surface area contributed by atoms with E-state index in [1.165, 1.54) is 0 Å². The number of benzene rings is 1. The zero-order valence-corrected chi connectivity index (χ0v) is 8.15. The second-order valence-electron chi connectivity index (χ2n) is 2.31. The molecule has 0 radical (unpaired) electrons. The first-order valence-corrected chi connectivity index (χ1v) is 4.45. The van der Waals surface area contributed by atoms with Crippen LogP contribution >= 0.6 is 22.6 Å². The van der Waals surface area contributed by atoms with Gasteiger partial charge in [-0.2, -0.15) is 0 Å². The maximum atomic E-state index is 9.33. The third-order valence-corrected chi connectivity index (χ3v) is 2.13. The lowest BCUT2D eigenvalue weighted by atomic mass is 10.1. The Balaban J connectivity index is 2.86. The van der Waals surface area contributed by atoms with Crippen molar-refractivity contribution in [1.29, 1.82) is 0 Å². The number of rotatable bonds is 2. The van der Waals surface area contributed by atoms with Gasteiger partial charge >= 0.3 is 0 Å². The molecule has 1 aromatic carbocycles. The lowest BCUT2D eigenvalue weighted by Gasteiger charge is -2.07. The second-order valence-corrected chi connectivity index (χ2v) is 3.55. The zero-order valence-electron chi connectivity index (χ0n) is 6.00. The smallest absolute Gasteiger partial charge is 0.0912 e. The molecule has 0 aromatic heterocycles. The summed E-state index contributed by atoms with van der Waals surface area (Å²) in [6.07, 6.45) is -0.523. The second kappa shape index (κ2) is 4.04. The average Bonchev–Trinajstić information content (AvgIpc) is 2.03. The minimum Gasteiger partial charge on any atom is -0.387 e. The fraction of sp³-hybridized carbons (Fsp3) is 0.250. The molecule has 0 spiro atoms. The molecule has 60 valence electrons. The molecule has 1 unspecified atom stereocenters. The minimum absolute atomic E-state index is 0.278. The van der Waals surface area contributed by atoms with E-state index >= 15 is 0 Å². The van der Waals surface area contributed by atoms with Gasteiger partial charge in [-0.05, 0) is 40.3 Å². The van der Waals surface area contributed by atoms with Crippen molar-refractivity contribution in [3.05, 3.63) is 33.4 Å². The summed E-state index contributed by atoms with van der Waals surface area (Å²) in [7, 11) is 0. The van der Waals surface area contributed by atoms with E-state index in [4.69, 9.17) is 5.73 Å². The third kappa shape index (κ3) is 2.43. The summed E-state index contributed by atoms with van der Waals surface area (Å²) in [5, 5.41) is 9.33. The molecule has 11 heavy (non-hydrogen) atoms. The predicted molar refractivity (Wildman–Crippen MR) is 53.2 cm³/mol. The van der Waals surface area contributed by atoms with Gasteiger partial charge in [0.2, 0.25) is 0 Å². The maximum Gasteiger partial charge on any atom is 0.0912 e. The molecule has 0 fully saturated rings. The van der Waals surface area contributed by atoms with Gasteiger partial charge < -0.3 is 10.8 Å². The van der Waals surface area contributed by atoms with Crippen LogP contribution in [0.25, 0.3) is 0 Å². The Labute approximate surface area is 79.6 Å². The number of nitrogens with two attached hydrogens (primary N) is 1. The van der Waals surface area contributed by atoms with Crippen LogP contribution in [0, 0.1) is 3.57 Å². The third-order valence-electron chi connectivity index (χ3n) is 1.46. The number of halogens is 1. The molecule has 0 amide bonds. The summed E-state index contributed by atoms with van der Waals surface area (Å²) in [4.78, 5) is 0. The van der Waals surface area contributed by atoms with E-state index in [1.54, 1.807) is 0 Å². The van der Waals surface area contributed by atoms with Crippen LogP contribution in [0.3, 0.4) is 0 Å². The molecule has 0 heterocycles. The molecule has 0 bridgehead atoms. The molecule has 0 saturated carbocycles. The summed E-state index contributed by atoms with van der Waals surface area (Å²) in [6, 6.07) is 7.70. The topological polar surface area (TPSA) is 46.2 Å². The lowest BCUT2D eigenvalue weighted by Crippen LogP contribution is -2.11. The van der Waals surface area contributed by atoms with Gasteiger partial charge in [-0.3, -0.25) is 0 Å². The monoisotopic (exact) mass is 263 g/mol. The molecule has 3 heteroatoms. The van der Waals surface area contributed by atoms with Crippen LogP contribution in [-0.4, -0.2) is 11.7 Å². The van der Waals surface area contributed by atoms with Crippen LogP contribution in [0.4, 0.5) is 0 Å². The van der Waals surface area contributed by atoms with Crippen LogP contribution in [0.1, 0.15) is 11.7 Å². The minimum atomic E-state index is -0.523. The summed E-state index contributed by atoms with van der Waals surface area (Å²) in [6.45, 7) is 0.278. The van der Waals surface area contributed by atoms with Crippen LogP contribution in [0.5, 0.6) is 0 Å². The van der Waals surface area contributed by atoms with Gasteiger partial charge in [-0.25, -0.2) is 0 Å². The van der Waals surface area contributed by atoms with Crippen LogP contribution in [0.15, 0.2) is 24.3 Å². The molecular weight excluding hydrogens is 253 g/mol. The average molecular weight is 263 g/mol. The van der Waals surface area contributed by atoms with Gasteiger partial charge in [-0.15, -0.1) is 0 Å². The summed E-state index contributed by atoms with van der Waals surface area (Å²) < 4.78 is 1.12. The Morgan fingerprint density at radius 3 is 2.82 bits per heavy atom. The van der Waals surface area contributed by atoms with Crippen molar-refractivity contribution in [2.45, 2.75) is 6.10 Å². The van der Waals surface area contributed by atoms with E-state index in [1.807, 2.05) is 24.3 Å². The Bertz CT molecular complexity index is 239. The standard InChI is InChI=1S/C8H10INO/c9-7-3-1-2-6(4-7)8(11)5-10/h1-4,8,11H,5,10H2. The number of hydrogen-bond acceptors (Lipinski definition) is 2. The highest BCUT2D eigenvalue weighted by atomic mass is 127. The van der Waals surface area contributed by atoms with E-state index in [0.717, 1.165) is 9.13 Å². The summed E-state index contributed by atoms with van der Waals surface area (Å²) in [5.74, 6) is 0. The Morgan fingerprint density at radius 2 is 2.27 bits per heavy atom. The molecule has 1 atom stereocenters. The van der Waals surface area contributed by atoms with Crippen LogP contribution in [-0.2, 0) is 0 Å². The highest BCUT2D eigenvalue weighted by Gasteiger charge is 2.03. The van der Waals surface area contributed by atoms with E-state index in [-0.39, 0.29) is 6.54 Å². The van der Waals surface area contributed by atoms with E-state index in [9.17, 15) is 5.11 Å². The first-order valence-electron chi connectivity index (χ1n) is 3.37. The Kier molecular flexibility index (Phi) is 3.29. The lowest BCUT2D eigenvalue weighted by molar-refractivity contribution is 0.186. The van der Waals surface area contributed by atoms with Gasteiger partial charge in [0.1, 0.15) is 0 Å². The molecule has 1 rings (SSSR count). The highest BCUT2D eigenvalue weighted by Crippen LogP contribution is 2.14. The number of aliphatic hydroxyl groups is 1. The zero-order chi connectivity index (χ0) is 8.27. The van der Waals surface area contributed by atoms with Gasteiger partial charge in [0.25, 0.3) is 0 Å². The number of hydrogen-bond donors (Lipinski definition) is 2. The molecule has 1 aromatic rings. The molecule has 0 aliphatic heterocycles.